The van der Waals surface area contributed by atoms with E-state index in [0.717, 1.165) is 43.0 Å². The molecule has 2 saturated heterocycles. The van der Waals surface area contributed by atoms with Gasteiger partial charge >= 0.3 is 0 Å². The Hall–Kier alpha value is -2.35. The number of benzene rings is 2. The molecule has 4 nitrogen and oxygen atoms in total. The Bertz CT molecular complexity index is 1040. The highest BCUT2D eigenvalue weighted by Crippen LogP contribution is 2.50. The van der Waals surface area contributed by atoms with Gasteiger partial charge in [-0.2, -0.15) is 5.26 Å². The van der Waals surface area contributed by atoms with E-state index in [1.54, 1.807) is 11.1 Å². The maximum Gasteiger partial charge on any atom is 0.0991 e. The number of piperidine rings is 1. The molecule has 2 atom stereocenters. The zero-order chi connectivity index (χ0) is 23.7. The summed E-state index contributed by atoms with van der Waals surface area (Å²) in [6.07, 6.45) is 10.7. The molecule has 3 heterocycles. The third-order valence-corrected chi connectivity index (χ3v) is 9.67. The molecule has 3 aliphatic heterocycles. The second-order valence-corrected chi connectivity index (χ2v) is 11.5. The Kier molecular flexibility index (Phi) is 6.56. The molecule has 0 bridgehead atoms. The second kappa shape index (κ2) is 9.96. The van der Waals surface area contributed by atoms with Gasteiger partial charge in [0.25, 0.3) is 0 Å². The molecule has 2 unspecified atom stereocenters. The van der Waals surface area contributed by atoms with Gasteiger partial charge in [0.2, 0.25) is 0 Å². The first-order valence-corrected chi connectivity index (χ1v) is 14.1. The molecule has 1 saturated carbocycles. The molecule has 4 aliphatic rings. The van der Waals surface area contributed by atoms with Crippen LogP contribution in [-0.4, -0.2) is 44.2 Å². The maximum atomic E-state index is 9.07. The van der Waals surface area contributed by atoms with Gasteiger partial charge in [0.05, 0.1) is 11.6 Å². The fourth-order valence-electron chi connectivity index (χ4n) is 7.98. The van der Waals surface area contributed by atoms with Crippen molar-refractivity contribution >= 4 is 5.69 Å². The minimum Gasteiger partial charge on any atom is -0.371 e. The molecule has 4 heteroatoms. The van der Waals surface area contributed by atoms with Gasteiger partial charge in [-0.1, -0.05) is 37.1 Å². The van der Waals surface area contributed by atoms with Crippen LogP contribution in [0, 0.1) is 29.1 Å². The minimum absolute atomic E-state index is 0.206. The molecule has 1 aliphatic carbocycles. The van der Waals surface area contributed by atoms with Crippen molar-refractivity contribution in [3.63, 3.8) is 0 Å². The molecule has 2 aromatic carbocycles. The van der Waals surface area contributed by atoms with E-state index in [2.05, 4.69) is 57.6 Å². The summed E-state index contributed by atoms with van der Waals surface area (Å²) in [6.45, 7) is 7.15. The lowest BCUT2D eigenvalue weighted by Gasteiger charge is -2.52. The third kappa shape index (κ3) is 4.39. The van der Waals surface area contributed by atoms with Crippen LogP contribution in [-0.2, 0) is 12.0 Å². The highest BCUT2D eigenvalue weighted by atomic mass is 15.2. The lowest BCUT2D eigenvalue weighted by Crippen LogP contribution is -2.58. The standard InChI is InChI=1S/C31H40N4/c32-21-24-9-11-29(12-10-24)35-20-14-25(23-35)22-34-18-15-28(16-19-34)31(27-6-2-3-7-27)30-8-4-1-5-26(30)13-17-33-31/h1,4-5,8-12,25,27-28,33H,2-3,6-7,13-20,22-23H2. The summed E-state index contributed by atoms with van der Waals surface area (Å²) >= 11 is 0. The molecule has 3 fully saturated rings. The molecular formula is C31H40N4. The number of hydrogen-bond acceptors (Lipinski definition) is 4. The van der Waals surface area contributed by atoms with Gasteiger partial charge in [-0.05, 0) is 105 Å². The topological polar surface area (TPSA) is 42.3 Å². The summed E-state index contributed by atoms with van der Waals surface area (Å²) in [5, 5.41) is 13.2. The predicted molar refractivity (Wildman–Crippen MR) is 142 cm³/mol. The smallest absolute Gasteiger partial charge is 0.0991 e. The highest BCUT2D eigenvalue weighted by molar-refractivity contribution is 5.50. The first kappa shape index (κ1) is 23.1. The van der Waals surface area contributed by atoms with Crippen LogP contribution in [0.2, 0.25) is 0 Å². The summed E-state index contributed by atoms with van der Waals surface area (Å²) < 4.78 is 0. The number of anilines is 1. The van der Waals surface area contributed by atoms with E-state index in [0.29, 0.717) is 0 Å². The normalized spacial score (nSPS) is 28.2. The SMILES string of the molecule is N#Cc1ccc(N2CCC(CN3CCC(C4(C5CCCC5)NCCc5ccccc54)CC3)C2)cc1. The van der Waals surface area contributed by atoms with Gasteiger partial charge in [-0.3, -0.25) is 0 Å². The summed E-state index contributed by atoms with van der Waals surface area (Å²) in [5.74, 6) is 2.30. The zero-order valence-corrected chi connectivity index (χ0v) is 21.1. The lowest BCUT2D eigenvalue weighted by molar-refractivity contribution is 0.0518. The average molecular weight is 469 g/mol. The first-order chi connectivity index (χ1) is 17.3. The fraction of sp³-hybridized carbons (Fsp3) is 0.581. The molecular weight excluding hydrogens is 428 g/mol. The van der Waals surface area contributed by atoms with Gasteiger partial charge in [0.1, 0.15) is 0 Å². The number of nitriles is 1. The number of likely N-dealkylation sites (tertiary alicyclic amines) is 1. The van der Waals surface area contributed by atoms with Crippen molar-refractivity contribution in [1.29, 1.82) is 5.26 Å². The molecule has 1 N–H and O–H groups in total. The van der Waals surface area contributed by atoms with Crippen LogP contribution >= 0.6 is 0 Å². The summed E-state index contributed by atoms with van der Waals surface area (Å²) in [7, 11) is 0. The quantitative estimate of drug-likeness (QED) is 0.644. The Morgan fingerprint density at radius 1 is 0.886 bits per heavy atom. The predicted octanol–water partition coefficient (Wildman–Crippen LogP) is 5.33. The minimum atomic E-state index is 0.206. The van der Waals surface area contributed by atoms with Gasteiger partial charge in [0, 0.05) is 37.4 Å². The number of nitrogens with zero attached hydrogens (tertiary/aromatic N) is 3. The number of rotatable bonds is 5. The van der Waals surface area contributed by atoms with E-state index in [1.807, 2.05) is 12.1 Å². The van der Waals surface area contributed by atoms with Crippen LogP contribution in [0.25, 0.3) is 0 Å². The van der Waals surface area contributed by atoms with Crippen molar-refractivity contribution in [3.8, 4) is 6.07 Å². The Morgan fingerprint density at radius 2 is 1.63 bits per heavy atom. The summed E-state index contributed by atoms with van der Waals surface area (Å²) in [4.78, 5) is 5.27. The van der Waals surface area contributed by atoms with Gasteiger partial charge < -0.3 is 15.1 Å². The number of hydrogen-bond donors (Lipinski definition) is 1. The molecule has 0 radical (unpaired) electrons. The van der Waals surface area contributed by atoms with Crippen molar-refractivity contribution in [2.75, 3.05) is 44.2 Å². The molecule has 6 rings (SSSR count). The summed E-state index contributed by atoms with van der Waals surface area (Å²) in [6, 6.07) is 19.7. The molecule has 0 aromatic heterocycles. The van der Waals surface area contributed by atoms with Crippen LogP contribution in [0.3, 0.4) is 0 Å². The highest BCUT2D eigenvalue weighted by Gasteiger charge is 2.49. The lowest BCUT2D eigenvalue weighted by atomic mass is 9.63. The Morgan fingerprint density at radius 3 is 2.40 bits per heavy atom. The van der Waals surface area contributed by atoms with E-state index < -0.39 is 0 Å². The van der Waals surface area contributed by atoms with Crippen molar-refractivity contribution in [2.24, 2.45) is 17.8 Å². The van der Waals surface area contributed by atoms with Crippen molar-refractivity contribution < 1.29 is 0 Å². The van der Waals surface area contributed by atoms with Crippen LogP contribution in [0.1, 0.15) is 61.6 Å². The van der Waals surface area contributed by atoms with Crippen molar-refractivity contribution in [3.05, 3.63) is 65.2 Å². The fourth-order valence-corrected chi connectivity index (χ4v) is 7.98. The van der Waals surface area contributed by atoms with Crippen LogP contribution < -0.4 is 10.2 Å². The van der Waals surface area contributed by atoms with Crippen LogP contribution in [0.5, 0.6) is 0 Å². The van der Waals surface area contributed by atoms with E-state index >= 15 is 0 Å². The van der Waals surface area contributed by atoms with Gasteiger partial charge in [0.15, 0.2) is 0 Å². The van der Waals surface area contributed by atoms with Gasteiger partial charge in [-0.25, -0.2) is 0 Å². The molecule has 35 heavy (non-hydrogen) atoms. The van der Waals surface area contributed by atoms with E-state index in [9.17, 15) is 0 Å². The molecule has 184 valence electrons. The Balaban J connectivity index is 1.10. The maximum absolute atomic E-state index is 9.07. The van der Waals surface area contributed by atoms with Gasteiger partial charge in [-0.15, -0.1) is 0 Å². The number of nitrogens with one attached hydrogen (secondary N) is 1. The first-order valence-electron chi connectivity index (χ1n) is 14.1. The molecule has 2 aromatic rings. The number of fused-ring (bicyclic) bond motifs is 1. The Labute approximate surface area is 211 Å². The summed E-state index contributed by atoms with van der Waals surface area (Å²) in [5.41, 5.74) is 5.47. The van der Waals surface area contributed by atoms with E-state index in [1.165, 1.54) is 76.7 Å². The van der Waals surface area contributed by atoms with Crippen LogP contribution in [0.15, 0.2) is 48.5 Å². The average Bonchev–Trinajstić information content (AvgIpc) is 3.62. The van der Waals surface area contributed by atoms with E-state index in [-0.39, 0.29) is 5.54 Å². The monoisotopic (exact) mass is 468 g/mol. The van der Waals surface area contributed by atoms with Crippen molar-refractivity contribution in [1.82, 2.24) is 10.2 Å². The van der Waals surface area contributed by atoms with Crippen molar-refractivity contribution in [2.45, 2.75) is 56.9 Å². The van der Waals surface area contributed by atoms with E-state index in [4.69, 9.17) is 5.26 Å². The second-order valence-electron chi connectivity index (χ2n) is 11.5. The zero-order valence-electron chi connectivity index (χ0n) is 21.1. The van der Waals surface area contributed by atoms with Crippen LogP contribution in [0.4, 0.5) is 5.69 Å². The molecule has 0 spiro atoms. The largest absolute Gasteiger partial charge is 0.371 e. The molecule has 0 amide bonds. The third-order valence-electron chi connectivity index (χ3n) is 9.67.